The highest BCUT2D eigenvalue weighted by Gasteiger charge is 2.58. The van der Waals surface area contributed by atoms with Gasteiger partial charge in [-0.3, -0.25) is 0 Å². The van der Waals surface area contributed by atoms with Crippen molar-refractivity contribution in [3.63, 3.8) is 0 Å². The maximum Gasteiger partial charge on any atom is 0.439 e. The third kappa shape index (κ3) is 2.50. The standard InChI is InChI=1S/C3F8N2/c4-2(5,6)1(12-9)3(7,8)13(10)11/b12-1+. The Morgan fingerprint density at radius 2 is 1.38 bits per heavy atom. The summed E-state index contributed by atoms with van der Waals surface area (Å²) < 4.78 is 91.0. The van der Waals surface area contributed by atoms with E-state index in [0.717, 1.165) is 0 Å². The zero-order valence-corrected chi connectivity index (χ0v) is 5.42. The van der Waals surface area contributed by atoms with E-state index in [1.54, 1.807) is 0 Å². The lowest BCUT2D eigenvalue weighted by atomic mass is 10.3. The van der Waals surface area contributed by atoms with Gasteiger partial charge in [0.25, 0.3) is 0 Å². The van der Waals surface area contributed by atoms with Crippen LogP contribution in [0.4, 0.5) is 35.4 Å². The summed E-state index contributed by atoms with van der Waals surface area (Å²) in [7, 11) is 0. The highest BCUT2D eigenvalue weighted by molar-refractivity contribution is 5.94. The van der Waals surface area contributed by atoms with Crippen molar-refractivity contribution in [2.75, 3.05) is 0 Å². The predicted molar refractivity (Wildman–Crippen MR) is 23.6 cm³/mol. The van der Waals surface area contributed by atoms with Crippen molar-refractivity contribution in [3.05, 3.63) is 0 Å². The van der Waals surface area contributed by atoms with Gasteiger partial charge in [0.05, 0.1) is 5.34 Å². The molecule has 10 heteroatoms. The normalized spacial score (nSPS) is 15.3. The van der Waals surface area contributed by atoms with Gasteiger partial charge in [0.15, 0.2) is 0 Å². The van der Waals surface area contributed by atoms with Gasteiger partial charge in [-0.1, -0.05) is 18.7 Å². The molecule has 0 unspecified atom stereocenters. The highest BCUT2D eigenvalue weighted by atomic mass is 19.4. The van der Waals surface area contributed by atoms with Gasteiger partial charge in [0.2, 0.25) is 5.71 Å². The van der Waals surface area contributed by atoms with Gasteiger partial charge in [0, 0.05) is 0 Å². The molecule has 0 aliphatic heterocycles. The van der Waals surface area contributed by atoms with E-state index in [2.05, 4.69) is 0 Å². The lowest BCUT2D eigenvalue weighted by Crippen LogP contribution is -2.46. The average Bonchev–Trinajstić information content (AvgIpc) is 1.83. The molecule has 2 nitrogen and oxygen atoms in total. The molecule has 0 atom stereocenters. The van der Waals surface area contributed by atoms with Crippen LogP contribution in [0.3, 0.4) is 0 Å². The summed E-state index contributed by atoms with van der Waals surface area (Å²) >= 11 is 0. The number of halogens is 8. The van der Waals surface area contributed by atoms with E-state index in [1.807, 2.05) is 0 Å². The fourth-order valence-corrected chi connectivity index (χ4v) is 0.349. The van der Waals surface area contributed by atoms with Gasteiger partial charge in [-0.15, -0.1) is 0 Å². The molecule has 0 fully saturated rings. The summed E-state index contributed by atoms with van der Waals surface area (Å²) in [4.78, 5) is 0. The Bertz CT molecular complexity index is 204. The van der Waals surface area contributed by atoms with E-state index in [-0.39, 0.29) is 0 Å². The third-order valence-corrected chi connectivity index (χ3v) is 0.850. The van der Waals surface area contributed by atoms with Crippen LogP contribution >= 0.6 is 0 Å². The first-order valence-electron chi connectivity index (χ1n) is 2.40. The van der Waals surface area contributed by atoms with Crippen LogP contribution in [0.5, 0.6) is 0 Å². The third-order valence-electron chi connectivity index (χ3n) is 0.850. The molecular weight excluding hydrogens is 216 g/mol. The Hall–Kier alpha value is -0.930. The lowest BCUT2D eigenvalue weighted by Gasteiger charge is -2.17. The van der Waals surface area contributed by atoms with Crippen LogP contribution in [0.1, 0.15) is 0 Å². The van der Waals surface area contributed by atoms with Crippen LogP contribution in [-0.4, -0.2) is 23.3 Å². The second-order valence-corrected chi connectivity index (χ2v) is 1.71. The molecule has 78 valence electrons. The Morgan fingerprint density at radius 1 is 1.00 bits per heavy atom. The zero-order valence-electron chi connectivity index (χ0n) is 5.42. The molecule has 0 aliphatic rings. The minimum absolute atomic E-state index is 0.572. The molecule has 0 bridgehead atoms. The molecule has 0 radical (unpaired) electrons. The maximum atomic E-state index is 11.8. The summed E-state index contributed by atoms with van der Waals surface area (Å²) in [5.74, 6) is 0. The fraction of sp³-hybridized carbons (Fsp3) is 0.667. The van der Waals surface area contributed by atoms with Gasteiger partial charge in [-0.2, -0.15) is 22.0 Å². The Balaban J connectivity index is 5.03. The van der Waals surface area contributed by atoms with Crippen LogP contribution < -0.4 is 0 Å². The Labute approximate surface area is 65.3 Å². The molecule has 0 heterocycles. The van der Waals surface area contributed by atoms with E-state index >= 15 is 0 Å². The summed E-state index contributed by atoms with van der Waals surface area (Å²) in [6.45, 7) is 0. The summed E-state index contributed by atoms with van der Waals surface area (Å²) in [5.41, 5.74) is -3.51. The van der Waals surface area contributed by atoms with E-state index in [1.165, 1.54) is 0 Å². The van der Waals surface area contributed by atoms with E-state index in [4.69, 9.17) is 0 Å². The topological polar surface area (TPSA) is 15.6 Å². The molecule has 0 aliphatic carbocycles. The van der Waals surface area contributed by atoms with Crippen LogP contribution in [0, 0.1) is 0 Å². The van der Waals surface area contributed by atoms with E-state index in [0.29, 0.717) is 5.21 Å². The molecule has 0 saturated heterocycles. The van der Waals surface area contributed by atoms with Crippen molar-refractivity contribution >= 4 is 5.71 Å². The van der Waals surface area contributed by atoms with Crippen molar-refractivity contribution in [1.82, 2.24) is 5.34 Å². The molecular formula is C3F8N2. The molecule has 0 aromatic carbocycles. The maximum absolute atomic E-state index is 11.8. The summed E-state index contributed by atoms with van der Waals surface area (Å²) in [6, 6.07) is -5.80. The highest BCUT2D eigenvalue weighted by Crippen LogP contribution is 2.32. The number of nitrogens with zero attached hydrogens (tertiary/aromatic N) is 2. The largest absolute Gasteiger partial charge is 0.439 e. The van der Waals surface area contributed by atoms with Crippen LogP contribution in [0.15, 0.2) is 5.21 Å². The zero-order chi connectivity index (χ0) is 10.9. The predicted octanol–water partition coefficient (Wildman–Crippen LogP) is 2.54. The minimum atomic E-state index is -5.96. The minimum Gasteiger partial charge on any atom is -0.176 e. The average molecular weight is 216 g/mol. The second kappa shape index (κ2) is 3.44. The van der Waals surface area contributed by atoms with E-state index in [9.17, 15) is 35.4 Å². The second-order valence-electron chi connectivity index (χ2n) is 1.71. The summed E-state index contributed by atoms with van der Waals surface area (Å²) in [5, 5.41) is -2.51. The number of hydrogen-bond donors (Lipinski definition) is 0. The Kier molecular flexibility index (Phi) is 3.19. The van der Waals surface area contributed by atoms with Gasteiger partial charge in [0.1, 0.15) is 0 Å². The van der Waals surface area contributed by atoms with Gasteiger partial charge < -0.3 is 0 Å². The van der Waals surface area contributed by atoms with Crippen molar-refractivity contribution in [3.8, 4) is 0 Å². The number of hydrogen-bond acceptors (Lipinski definition) is 2. The van der Waals surface area contributed by atoms with Crippen LogP contribution in [0.2, 0.25) is 0 Å². The first-order chi connectivity index (χ1) is 5.64. The van der Waals surface area contributed by atoms with E-state index < -0.39 is 23.3 Å². The number of alkyl halides is 5. The molecule has 13 heavy (non-hydrogen) atoms. The quantitative estimate of drug-likeness (QED) is 0.299. The molecule has 0 aromatic rings. The Morgan fingerprint density at radius 3 is 1.46 bits per heavy atom. The monoisotopic (exact) mass is 216 g/mol. The van der Waals surface area contributed by atoms with Crippen molar-refractivity contribution in [1.29, 1.82) is 0 Å². The van der Waals surface area contributed by atoms with Crippen molar-refractivity contribution in [2.24, 2.45) is 5.21 Å². The smallest absolute Gasteiger partial charge is 0.176 e. The summed E-state index contributed by atoms with van der Waals surface area (Å²) in [6.07, 6.45) is -5.96. The molecule has 0 saturated carbocycles. The first kappa shape index (κ1) is 12.1. The molecule has 0 aromatic heterocycles. The molecule has 0 rings (SSSR count). The van der Waals surface area contributed by atoms with Crippen molar-refractivity contribution in [2.45, 2.75) is 12.2 Å². The lowest BCUT2D eigenvalue weighted by molar-refractivity contribution is -0.305. The molecule has 0 N–H and O–H groups in total. The molecule has 0 amide bonds. The SMILES string of the molecule is F/N=C(\C(F)(F)F)C(F)(F)N(F)F. The van der Waals surface area contributed by atoms with Crippen LogP contribution in [0.25, 0.3) is 0 Å². The fourth-order valence-electron chi connectivity index (χ4n) is 0.349. The van der Waals surface area contributed by atoms with Crippen molar-refractivity contribution < 1.29 is 35.4 Å². The first-order valence-corrected chi connectivity index (χ1v) is 2.40. The van der Waals surface area contributed by atoms with Crippen LogP contribution in [-0.2, 0) is 0 Å². The molecule has 0 spiro atoms. The van der Waals surface area contributed by atoms with Gasteiger partial charge in [-0.25, -0.2) is 0 Å². The van der Waals surface area contributed by atoms with Gasteiger partial charge >= 0.3 is 12.2 Å². The number of rotatable bonds is 2. The van der Waals surface area contributed by atoms with Gasteiger partial charge in [-0.05, 0) is 0 Å².